The lowest BCUT2D eigenvalue weighted by atomic mass is 10.0. The van der Waals surface area contributed by atoms with E-state index in [4.69, 9.17) is 25.8 Å². The van der Waals surface area contributed by atoms with Crippen molar-refractivity contribution in [3.05, 3.63) is 53.5 Å². The number of anilines is 1. The van der Waals surface area contributed by atoms with E-state index in [1.54, 1.807) is 19.3 Å². The molecule has 0 atom stereocenters. The molecule has 3 rings (SSSR count). The number of carbonyl (C=O) groups excluding carboxylic acids is 1. The van der Waals surface area contributed by atoms with E-state index in [0.717, 1.165) is 31.5 Å². The molecule has 2 heterocycles. The largest absolute Gasteiger partial charge is 0.493 e. The SMILES string of the molecule is C=CCOc1cc(CN(c2cc(C(=O)OC)nc(Cl)n2)C2CCNCC2)ccc1OC. The molecule has 1 aliphatic heterocycles. The predicted octanol–water partition coefficient (Wildman–Crippen LogP) is 3.25. The molecule has 0 radical (unpaired) electrons. The summed E-state index contributed by atoms with van der Waals surface area (Å²) in [5.41, 5.74) is 1.13. The Morgan fingerprint density at radius 1 is 1.26 bits per heavy atom. The van der Waals surface area contributed by atoms with Gasteiger partial charge in [-0.25, -0.2) is 14.8 Å². The number of benzene rings is 1. The average molecular weight is 447 g/mol. The molecule has 0 aliphatic carbocycles. The molecule has 1 saturated heterocycles. The summed E-state index contributed by atoms with van der Waals surface area (Å²) in [6.45, 7) is 6.43. The van der Waals surface area contributed by atoms with Crippen LogP contribution in [-0.4, -0.2) is 55.9 Å². The molecule has 9 heteroatoms. The van der Waals surface area contributed by atoms with Crippen LogP contribution in [0.1, 0.15) is 28.9 Å². The minimum absolute atomic E-state index is 0.00145. The van der Waals surface area contributed by atoms with Crippen molar-refractivity contribution in [2.75, 3.05) is 38.8 Å². The van der Waals surface area contributed by atoms with E-state index >= 15 is 0 Å². The lowest BCUT2D eigenvalue weighted by Crippen LogP contribution is -2.43. The van der Waals surface area contributed by atoms with Gasteiger partial charge in [0, 0.05) is 18.7 Å². The Bertz CT molecular complexity index is 918. The van der Waals surface area contributed by atoms with Crippen molar-refractivity contribution in [2.45, 2.75) is 25.4 Å². The number of nitrogens with one attached hydrogen (secondary N) is 1. The summed E-state index contributed by atoms with van der Waals surface area (Å²) in [6, 6.07) is 7.65. The predicted molar refractivity (Wildman–Crippen MR) is 119 cm³/mol. The molecular weight excluding hydrogens is 420 g/mol. The van der Waals surface area contributed by atoms with Crippen LogP contribution >= 0.6 is 11.6 Å². The van der Waals surface area contributed by atoms with Crippen LogP contribution in [0, 0.1) is 0 Å². The summed E-state index contributed by atoms with van der Waals surface area (Å²) in [5.74, 6) is 1.32. The third-order valence-electron chi connectivity index (χ3n) is 5.06. The molecule has 0 amide bonds. The standard InChI is InChI=1S/C22H27ClN4O4/c1-4-11-31-19-12-15(5-6-18(19)29-2)14-27(16-7-9-24-10-8-16)20-13-17(21(28)30-3)25-22(23)26-20/h4-6,12-13,16,24H,1,7-11,14H2,2-3H3. The Balaban J connectivity index is 1.96. The van der Waals surface area contributed by atoms with E-state index < -0.39 is 5.97 Å². The zero-order chi connectivity index (χ0) is 22.2. The quantitative estimate of drug-likeness (QED) is 0.357. The Morgan fingerprint density at radius 2 is 2.03 bits per heavy atom. The number of esters is 1. The highest BCUT2D eigenvalue weighted by Gasteiger charge is 2.25. The van der Waals surface area contributed by atoms with Crippen LogP contribution in [0.4, 0.5) is 5.82 Å². The first-order valence-electron chi connectivity index (χ1n) is 10.1. The molecule has 8 nitrogen and oxygen atoms in total. The molecule has 31 heavy (non-hydrogen) atoms. The molecule has 0 spiro atoms. The van der Waals surface area contributed by atoms with Crippen LogP contribution in [0.5, 0.6) is 11.5 Å². The molecule has 1 aromatic carbocycles. The van der Waals surface area contributed by atoms with Gasteiger partial charge in [0.15, 0.2) is 17.2 Å². The van der Waals surface area contributed by atoms with Crippen molar-refractivity contribution in [3.63, 3.8) is 0 Å². The van der Waals surface area contributed by atoms with Crippen molar-refractivity contribution >= 4 is 23.4 Å². The highest BCUT2D eigenvalue weighted by molar-refractivity contribution is 6.28. The first kappa shape index (κ1) is 22.8. The van der Waals surface area contributed by atoms with Crippen LogP contribution < -0.4 is 19.7 Å². The number of hydrogen-bond donors (Lipinski definition) is 1. The van der Waals surface area contributed by atoms with Crippen molar-refractivity contribution in [2.24, 2.45) is 0 Å². The zero-order valence-corrected chi connectivity index (χ0v) is 18.5. The molecular formula is C22H27ClN4O4. The van der Waals surface area contributed by atoms with Crippen LogP contribution in [0.2, 0.25) is 5.28 Å². The fourth-order valence-electron chi connectivity index (χ4n) is 3.56. The number of methoxy groups -OCH3 is 2. The number of rotatable bonds is 9. The molecule has 166 valence electrons. The topological polar surface area (TPSA) is 85.8 Å². The third kappa shape index (κ3) is 5.86. The van der Waals surface area contributed by atoms with E-state index in [1.165, 1.54) is 7.11 Å². The number of ether oxygens (including phenoxy) is 3. The van der Waals surface area contributed by atoms with Gasteiger partial charge in [0.2, 0.25) is 5.28 Å². The molecule has 1 N–H and O–H groups in total. The van der Waals surface area contributed by atoms with E-state index in [2.05, 4.69) is 26.8 Å². The van der Waals surface area contributed by atoms with Gasteiger partial charge in [0.05, 0.1) is 14.2 Å². The second-order valence-electron chi connectivity index (χ2n) is 7.07. The van der Waals surface area contributed by atoms with Crippen molar-refractivity contribution in [1.82, 2.24) is 15.3 Å². The molecule has 1 aliphatic rings. The summed E-state index contributed by atoms with van der Waals surface area (Å²) in [7, 11) is 2.92. The number of nitrogens with zero attached hydrogens (tertiary/aromatic N) is 3. The monoisotopic (exact) mass is 446 g/mol. The average Bonchev–Trinajstić information content (AvgIpc) is 2.80. The first-order chi connectivity index (χ1) is 15.0. The number of piperidine rings is 1. The smallest absolute Gasteiger partial charge is 0.356 e. The second-order valence-corrected chi connectivity index (χ2v) is 7.40. The number of carbonyl (C=O) groups is 1. The van der Waals surface area contributed by atoms with E-state index in [9.17, 15) is 4.79 Å². The van der Waals surface area contributed by atoms with Gasteiger partial charge in [-0.15, -0.1) is 0 Å². The van der Waals surface area contributed by atoms with Crippen LogP contribution in [0.15, 0.2) is 36.9 Å². The highest BCUT2D eigenvalue weighted by atomic mass is 35.5. The fourth-order valence-corrected chi connectivity index (χ4v) is 3.73. The summed E-state index contributed by atoms with van der Waals surface area (Å²) in [5, 5.41) is 3.38. The van der Waals surface area contributed by atoms with Crippen LogP contribution in [0.3, 0.4) is 0 Å². The van der Waals surface area contributed by atoms with Crippen molar-refractivity contribution < 1.29 is 19.0 Å². The van der Waals surface area contributed by atoms with Crippen molar-refractivity contribution in [3.8, 4) is 11.5 Å². The fraction of sp³-hybridized carbons (Fsp3) is 0.409. The maximum Gasteiger partial charge on any atom is 0.356 e. The minimum atomic E-state index is -0.555. The Hall–Kier alpha value is -2.84. The minimum Gasteiger partial charge on any atom is -0.493 e. The summed E-state index contributed by atoms with van der Waals surface area (Å²) >= 11 is 6.14. The summed E-state index contributed by atoms with van der Waals surface area (Å²) in [4.78, 5) is 22.6. The lowest BCUT2D eigenvalue weighted by Gasteiger charge is -2.36. The normalized spacial score (nSPS) is 14.0. The zero-order valence-electron chi connectivity index (χ0n) is 17.8. The maximum atomic E-state index is 12.1. The summed E-state index contributed by atoms with van der Waals surface area (Å²) < 4.78 is 16.0. The van der Waals surface area contributed by atoms with Crippen LogP contribution in [-0.2, 0) is 11.3 Å². The molecule has 2 aromatic rings. The highest BCUT2D eigenvalue weighted by Crippen LogP contribution is 2.31. The Morgan fingerprint density at radius 3 is 2.71 bits per heavy atom. The van der Waals surface area contributed by atoms with Gasteiger partial charge in [0.1, 0.15) is 12.4 Å². The number of halogens is 1. The molecule has 1 aromatic heterocycles. The lowest BCUT2D eigenvalue weighted by molar-refractivity contribution is 0.0594. The number of aromatic nitrogens is 2. The Kier molecular flexibility index (Phi) is 8.08. The van der Waals surface area contributed by atoms with E-state index in [-0.39, 0.29) is 17.0 Å². The van der Waals surface area contributed by atoms with E-state index in [0.29, 0.717) is 30.5 Å². The first-order valence-corrected chi connectivity index (χ1v) is 10.4. The molecule has 0 bridgehead atoms. The van der Waals surface area contributed by atoms with Gasteiger partial charge >= 0.3 is 5.97 Å². The van der Waals surface area contributed by atoms with E-state index in [1.807, 2.05) is 18.2 Å². The maximum absolute atomic E-state index is 12.1. The molecule has 0 saturated carbocycles. The van der Waals surface area contributed by atoms with Gasteiger partial charge in [-0.3, -0.25) is 0 Å². The molecule has 0 unspecified atom stereocenters. The second kappa shape index (κ2) is 11.0. The number of hydrogen-bond acceptors (Lipinski definition) is 8. The van der Waals surface area contributed by atoms with Gasteiger partial charge in [-0.05, 0) is 55.2 Å². The summed E-state index contributed by atoms with van der Waals surface area (Å²) in [6.07, 6.45) is 3.56. The van der Waals surface area contributed by atoms with Crippen LogP contribution in [0.25, 0.3) is 0 Å². The molecule has 1 fully saturated rings. The van der Waals surface area contributed by atoms with Gasteiger partial charge in [-0.1, -0.05) is 18.7 Å². The third-order valence-corrected chi connectivity index (χ3v) is 5.23. The van der Waals surface area contributed by atoms with Gasteiger partial charge in [0.25, 0.3) is 0 Å². The van der Waals surface area contributed by atoms with Gasteiger partial charge < -0.3 is 24.4 Å². The Labute approximate surface area is 187 Å². The van der Waals surface area contributed by atoms with Crippen molar-refractivity contribution in [1.29, 1.82) is 0 Å². The van der Waals surface area contributed by atoms with Gasteiger partial charge in [-0.2, -0.15) is 0 Å².